The van der Waals surface area contributed by atoms with Gasteiger partial charge in [-0.05, 0) is 37.6 Å². The molecule has 2 rings (SSSR count). The number of thiazole rings is 1. The molecular weight excluding hydrogens is 235 g/mol. The van der Waals surface area contributed by atoms with E-state index in [1.807, 2.05) is 17.8 Å². The summed E-state index contributed by atoms with van der Waals surface area (Å²) in [5, 5.41) is 3.40. The van der Waals surface area contributed by atoms with E-state index in [4.69, 9.17) is 0 Å². The van der Waals surface area contributed by atoms with E-state index in [-0.39, 0.29) is 5.82 Å². The van der Waals surface area contributed by atoms with Gasteiger partial charge in [-0.2, -0.15) is 0 Å². The average molecular weight is 250 g/mol. The highest BCUT2D eigenvalue weighted by atomic mass is 32.1. The second-order valence-electron chi connectivity index (χ2n) is 3.96. The molecule has 90 valence electrons. The summed E-state index contributed by atoms with van der Waals surface area (Å²) in [5.41, 5.74) is 2.86. The lowest BCUT2D eigenvalue weighted by atomic mass is 10.1. The highest BCUT2D eigenvalue weighted by molar-refractivity contribution is 7.09. The Labute approximate surface area is 105 Å². The standard InChI is InChI=1S/C13H15FN2S/c1-10(13-8-15-9-17-13)16-6-5-11-3-2-4-12(14)7-11/h2-4,7-10,16H,5-6H2,1H3. The van der Waals surface area contributed by atoms with Crippen LogP contribution in [0.3, 0.4) is 0 Å². The van der Waals surface area contributed by atoms with Crippen molar-refractivity contribution in [3.8, 4) is 0 Å². The van der Waals surface area contributed by atoms with Crippen molar-refractivity contribution in [1.29, 1.82) is 0 Å². The Morgan fingerprint density at radius 2 is 2.35 bits per heavy atom. The summed E-state index contributed by atoms with van der Waals surface area (Å²) in [6.45, 7) is 2.95. The number of rotatable bonds is 5. The van der Waals surface area contributed by atoms with Crippen molar-refractivity contribution in [2.75, 3.05) is 6.54 Å². The maximum Gasteiger partial charge on any atom is 0.123 e. The number of hydrogen-bond acceptors (Lipinski definition) is 3. The fourth-order valence-corrected chi connectivity index (χ4v) is 2.32. The molecule has 1 aromatic heterocycles. The van der Waals surface area contributed by atoms with Gasteiger partial charge in [-0.25, -0.2) is 4.39 Å². The van der Waals surface area contributed by atoms with Crippen LogP contribution in [0.5, 0.6) is 0 Å². The second-order valence-corrected chi connectivity index (χ2v) is 4.88. The van der Waals surface area contributed by atoms with Gasteiger partial charge in [-0.15, -0.1) is 11.3 Å². The molecule has 0 amide bonds. The zero-order chi connectivity index (χ0) is 12.1. The van der Waals surface area contributed by atoms with Crippen LogP contribution in [0.2, 0.25) is 0 Å². The molecule has 1 N–H and O–H groups in total. The van der Waals surface area contributed by atoms with E-state index >= 15 is 0 Å². The third-order valence-corrected chi connectivity index (χ3v) is 3.59. The van der Waals surface area contributed by atoms with E-state index in [1.165, 1.54) is 10.9 Å². The Kier molecular flexibility index (Phi) is 4.23. The van der Waals surface area contributed by atoms with Crippen LogP contribution >= 0.6 is 11.3 Å². The first-order valence-corrected chi connectivity index (χ1v) is 6.50. The molecule has 1 aromatic carbocycles. The van der Waals surface area contributed by atoms with Crippen LogP contribution in [0.4, 0.5) is 4.39 Å². The molecule has 1 atom stereocenters. The van der Waals surface area contributed by atoms with E-state index in [1.54, 1.807) is 23.5 Å². The molecule has 0 radical (unpaired) electrons. The molecule has 0 aliphatic carbocycles. The Bertz CT molecular complexity index is 456. The molecule has 1 unspecified atom stereocenters. The monoisotopic (exact) mass is 250 g/mol. The molecule has 0 saturated heterocycles. The average Bonchev–Trinajstić information content (AvgIpc) is 2.82. The molecule has 4 heteroatoms. The van der Waals surface area contributed by atoms with Crippen molar-refractivity contribution in [1.82, 2.24) is 10.3 Å². The molecule has 0 spiro atoms. The van der Waals surface area contributed by atoms with Crippen LogP contribution in [-0.4, -0.2) is 11.5 Å². The van der Waals surface area contributed by atoms with Gasteiger partial charge in [-0.3, -0.25) is 4.98 Å². The van der Waals surface area contributed by atoms with E-state index < -0.39 is 0 Å². The number of benzene rings is 1. The summed E-state index contributed by atoms with van der Waals surface area (Å²) in [7, 11) is 0. The molecule has 0 fully saturated rings. The minimum absolute atomic E-state index is 0.169. The van der Waals surface area contributed by atoms with E-state index in [0.29, 0.717) is 6.04 Å². The quantitative estimate of drug-likeness (QED) is 0.881. The fraction of sp³-hybridized carbons (Fsp3) is 0.308. The van der Waals surface area contributed by atoms with Crippen molar-refractivity contribution in [3.05, 3.63) is 52.2 Å². The maximum atomic E-state index is 12.9. The van der Waals surface area contributed by atoms with Crippen molar-refractivity contribution < 1.29 is 4.39 Å². The summed E-state index contributed by atoms with van der Waals surface area (Å²) in [4.78, 5) is 5.28. The van der Waals surface area contributed by atoms with Crippen LogP contribution in [0.25, 0.3) is 0 Å². The smallest absolute Gasteiger partial charge is 0.123 e. The lowest BCUT2D eigenvalue weighted by Crippen LogP contribution is -2.20. The molecule has 0 saturated carbocycles. The Morgan fingerprint density at radius 3 is 3.06 bits per heavy atom. The van der Waals surface area contributed by atoms with Crippen LogP contribution in [0.1, 0.15) is 23.4 Å². The predicted octanol–water partition coefficient (Wildman–Crippen LogP) is 3.18. The lowest BCUT2D eigenvalue weighted by Gasteiger charge is -2.11. The van der Waals surface area contributed by atoms with Gasteiger partial charge < -0.3 is 5.32 Å². The molecule has 0 aliphatic heterocycles. The number of nitrogens with zero attached hydrogens (tertiary/aromatic N) is 1. The molecule has 2 aromatic rings. The molecule has 17 heavy (non-hydrogen) atoms. The SMILES string of the molecule is CC(NCCc1cccc(F)c1)c1cncs1. The van der Waals surface area contributed by atoms with E-state index in [2.05, 4.69) is 17.2 Å². The van der Waals surface area contributed by atoms with Crippen molar-refractivity contribution in [3.63, 3.8) is 0 Å². The normalized spacial score (nSPS) is 12.6. The number of hydrogen-bond donors (Lipinski definition) is 1. The van der Waals surface area contributed by atoms with E-state index in [9.17, 15) is 4.39 Å². The largest absolute Gasteiger partial charge is 0.309 e. The van der Waals surface area contributed by atoms with Crippen LogP contribution in [0, 0.1) is 5.82 Å². The number of nitrogens with one attached hydrogen (secondary N) is 1. The highest BCUT2D eigenvalue weighted by Gasteiger charge is 2.05. The fourth-order valence-electron chi connectivity index (χ4n) is 1.67. The van der Waals surface area contributed by atoms with Crippen molar-refractivity contribution in [2.24, 2.45) is 0 Å². The molecule has 1 heterocycles. The van der Waals surface area contributed by atoms with Gasteiger partial charge in [0.2, 0.25) is 0 Å². The van der Waals surface area contributed by atoms with Gasteiger partial charge in [0.25, 0.3) is 0 Å². The van der Waals surface area contributed by atoms with Crippen molar-refractivity contribution >= 4 is 11.3 Å². The highest BCUT2D eigenvalue weighted by Crippen LogP contribution is 2.16. The molecular formula is C13H15FN2S. The summed E-state index contributed by atoms with van der Waals surface area (Å²) >= 11 is 1.65. The minimum atomic E-state index is -0.169. The zero-order valence-corrected chi connectivity index (χ0v) is 10.5. The number of aromatic nitrogens is 1. The van der Waals surface area contributed by atoms with Gasteiger partial charge in [-0.1, -0.05) is 12.1 Å². The molecule has 0 bridgehead atoms. The predicted molar refractivity (Wildman–Crippen MR) is 68.6 cm³/mol. The van der Waals surface area contributed by atoms with E-state index in [0.717, 1.165) is 18.5 Å². The first-order valence-electron chi connectivity index (χ1n) is 5.62. The van der Waals surface area contributed by atoms with Gasteiger partial charge in [0.1, 0.15) is 5.82 Å². The van der Waals surface area contributed by atoms with Crippen molar-refractivity contribution in [2.45, 2.75) is 19.4 Å². The Hall–Kier alpha value is -1.26. The summed E-state index contributed by atoms with van der Waals surface area (Å²) in [6, 6.07) is 7.05. The Morgan fingerprint density at radius 1 is 1.47 bits per heavy atom. The van der Waals surface area contributed by atoms with Crippen LogP contribution < -0.4 is 5.32 Å². The third kappa shape index (κ3) is 3.61. The van der Waals surface area contributed by atoms with Crippen LogP contribution in [0.15, 0.2) is 36.0 Å². The molecule has 0 aliphatic rings. The van der Waals surface area contributed by atoms with Gasteiger partial charge in [0.15, 0.2) is 0 Å². The summed E-state index contributed by atoms with van der Waals surface area (Å²) in [6.07, 6.45) is 2.71. The minimum Gasteiger partial charge on any atom is -0.309 e. The zero-order valence-electron chi connectivity index (χ0n) is 9.69. The first kappa shape index (κ1) is 12.2. The number of halogens is 1. The maximum absolute atomic E-state index is 12.9. The van der Waals surface area contributed by atoms with Crippen LogP contribution in [-0.2, 0) is 6.42 Å². The van der Waals surface area contributed by atoms with Gasteiger partial charge >= 0.3 is 0 Å². The Balaban J connectivity index is 1.80. The first-order chi connectivity index (χ1) is 8.25. The summed E-state index contributed by atoms with van der Waals surface area (Å²) in [5.74, 6) is -0.169. The second kappa shape index (κ2) is 5.89. The van der Waals surface area contributed by atoms with Gasteiger partial charge in [0, 0.05) is 17.1 Å². The molecule has 2 nitrogen and oxygen atoms in total. The third-order valence-electron chi connectivity index (χ3n) is 2.63. The topological polar surface area (TPSA) is 24.9 Å². The summed E-state index contributed by atoms with van der Waals surface area (Å²) < 4.78 is 12.9. The lowest BCUT2D eigenvalue weighted by molar-refractivity contribution is 0.581. The van der Waals surface area contributed by atoms with Gasteiger partial charge in [0.05, 0.1) is 5.51 Å².